The summed E-state index contributed by atoms with van der Waals surface area (Å²) in [5.41, 5.74) is 3.54. The minimum atomic E-state index is -0.0687. The van der Waals surface area contributed by atoms with E-state index in [-0.39, 0.29) is 6.04 Å². The van der Waals surface area contributed by atoms with Gasteiger partial charge in [0.25, 0.3) is 0 Å². The highest BCUT2D eigenvalue weighted by Crippen LogP contribution is 2.37. The van der Waals surface area contributed by atoms with Crippen molar-refractivity contribution in [3.05, 3.63) is 114 Å². The van der Waals surface area contributed by atoms with Gasteiger partial charge in [-0.05, 0) is 73.1 Å². The molecule has 0 saturated carbocycles. The second-order valence-electron chi connectivity index (χ2n) is 8.98. The van der Waals surface area contributed by atoms with Gasteiger partial charge in [0.2, 0.25) is 0 Å². The van der Waals surface area contributed by atoms with E-state index in [9.17, 15) is 5.11 Å². The summed E-state index contributed by atoms with van der Waals surface area (Å²) in [6, 6.07) is 17.8. The zero-order chi connectivity index (χ0) is 23.2. The maximum absolute atomic E-state index is 10.0. The van der Waals surface area contributed by atoms with Gasteiger partial charge in [0, 0.05) is 6.54 Å². The van der Waals surface area contributed by atoms with E-state index in [4.69, 9.17) is 14.2 Å². The van der Waals surface area contributed by atoms with Gasteiger partial charge in [-0.3, -0.25) is 4.90 Å². The number of nitrogens with zero attached hydrogens (tertiary/aromatic N) is 1. The summed E-state index contributed by atoms with van der Waals surface area (Å²) in [6.07, 6.45) is 13.2. The molecule has 5 rings (SSSR count). The average molecular weight is 458 g/mol. The van der Waals surface area contributed by atoms with Crippen molar-refractivity contribution in [1.82, 2.24) is 4.90 Å². The molecule has 2 aliphatic heterocycles. The number of aromatic hydroxyl groups is 1. The predicted octanol–water partition coefficient (Wildman–Crippen LogP) is 6.12. The van der Waals surface area contributed by atoms with Gasteiger partial charge in [0.1, 0.15) is 36.9 Å². The molecule has 2 atom stereocenters. The lowest BCUT2D eigenvalue weighted by Gasteiger charge is -2.40. The van der Waals surface area contributed by atoms with E-state index in [2.05, 4.69) is 35.3 Å². The lowest BCUT2D eigenvalue weighted by Crippen LogP contribution is -2.45. The third-order valence-corrected chi connectivity index (χ3v) is 6.68. The van der Waals surface area contributed by atoms with Crippen LogP contribution in [0.5, 0.6) is 5.75 Å². The maximum Gasteiger partial charge on any atom is 0.160 e. The second-order valence-corrected chi connectivity index (χ2v) is 8.98. The largest absolute Gasteiger partial charge is 0.508 e. The fraction of sp³-hybridized carbons (Fsp3) is 0.310. The van der Waals surface area contributed by atoms with E-state index in [0.29, 0.717) is 18.3 Å². The fourth-order valence-corrected chi connectivity index (χ4v) is 5.07. The molecule has 2 unspecified atom stereocenters. The van der Waals surface area contributed by atoms with E-state index in [1.807, 2.05) is 30.3 Å². The molecule has 0 amide bonds. The monoisotopic (exact) mass is 457 g/mol. The van der Waals surface area contributed by atoms with Crippen molar-refractivity contribution in [2.75, 3.05) is 13.1 Å². The summed E-state index contributed by atoms with van der Waals surface area (Å²) < 4.78 is 17.9. The van der Waals surface area contributed by atoms with E-state index in [1.165, 1.54) is 11.1 Å². The maximum atomic E-state index is 10.0. The first-order valence-electron chi connectivity index (χ1n) is 12.0. The van der Waals surface area contributed by atoms with E-state index < -0.39 is 0 Å². The number of hydrogen-bond acceptors (Lipinski definition) is 5. The molecular weight excluding hydrogens is 426 g/mol. The molecule has 0 aromatic heterocycles. The van der Waals surface area contributed by atoms with Crippen molar-refractivity contribution >= 4 is 0 Å². The van der Waals surface area contributed by atoms with Gasteiger partial charge in [-0.1, -0.05) is 48.5 Å². The van der Waals surface area contributed by atoms with Gasteiger partial charge in [0.05, 0.1) is 6.04 Å². The molecule has 2 aromatic rings. The second kappa shape index (κ2) is 10.7. The number of phenolic OH excluding ortho intramolecular Hbond substituents is 1. The Kier molecular flexibility index (Phi) is 7.01. The number of phenols is 1. The highest BCUT2D eigenvalue weighted by atomic mass is 16.5. The topological polar surface area (TPSA) is 51.2 Å². The van der Waals surface area contributed by atoms with Gasteiger partial charge < -0.3 is 19.3 Å². The zero-order valence-corrected chi connectivity index (χ0v) is 19.3. The van der Waals surface area contributed by atoms with Crippen LogP contribution in [-0.4, -0.2) is 29.1 Å². The van der Waals surface area contributed by atoms with Crippen LogP contribution in [0.25, 0.3) is 0 Å². The highest BCUT2D eigenvalue weighted by molar-refractivity contribution is 5.35. The van der Waals surface area contributed by atoms with Crippen LogP contribution in [0.1, 0.15) is 42.7 Å². The minimum absolute atomic E-state index is 0.0687. The van der Waals surface area contributed by atoms with Gasteiger partial charge in [-0.25, -0.2) is 0 Å². The van der Waals surface area contributed by atoms with E-state index >= 15 is 0 Å². The van der Waals surface area contributed by atoms with Crippen molar-refractivity contribution in [3.63, 3.8) is 0 Å². The number of benzene rings is 2. The van der Waals surface area contributed by atoms with Crippen LogP contribution in [0, 0.1) is 0 Å². The summed E-state index contributed by atoms with van der Waals surface area (Å²) >= 11 is 0. The number of rotatable bonds is 7. The predicted molar refractivity (Wildman–Crippen MR) is 131 cm³/mol. The molecule has 1 fully saturated rings. The van der Waals surface area contributed by atoms with Crippen molar-refractivity contribution in [2.45, 2.75) is 44.2 Å². The first-order chi connectivity index (χ1) is 16.8. The van der Waals surface area contributed by atoms with Crippen LogP contribution >= 0.6 is 0 Å². The first-order valence-corrected chi connectivity index (χ1v) is 12.0. The number of allylic oxidation sites excluding steroid dienone is 2. The molecule has 0 bridgehead atoms. The van der Waals surface area contributed by atoms with Crippen LogP contribution in [0.3, 0.4) is 0 Å². The summed E-state index contributed by atoms with van der Waals surface area (Å²) in [5, 5.41) is 10.0. The molecule has 176 valence electrons. The lowest BCUT2D eigenvalue weighted by atomic mass is 9.87. The zero-order valence-electron chi connectivity index (χ0n) is 19.3. The Morgan fingerprint density at radius 3 is 2.82 bits per heavy atom. The van der Waals surface area contributed by atoms with Crippen molar-refractivity contribution in [2.24, 2.45) is 0 Å². The van der Waals surface area contributed by atoms with Gasteiger partial charge in [-0.2, -0.15) is 0 Å². The number of ether oxygens (including phenoxy) is 3. The molecule has 0 radical (unpaired) electrons. The fourth-order valence-electron chi connectivity index (χ4n) is 5.07. The molecule has 1 aliphatic carbocycles. The van der Waals surface area contributed by atoms with Crippen LogP contribution in [0.4, 0.5) is 0 Å². The third-order valence-electron chi connectivity index (χ3n) is 6.68. The Labute approximate surface area is 201 Å². The number of piperidine rings is 1. The highest BCUT2D eigenvalue weighted by Gasteiger charge is 2.35. The normalized spacial score (nSPS) is 21.4. The molecule has 2 heterocycles. The Balaban J connectivity index is 1.44. The molecule has 3 aliphatic rings. The SMILES string of the molecule is Oc1cccc(C2CCCN(C(C3=COC=CO3)C3=C(OCc4ccccc4)C=CCC3)C2)c1. The Bertz CT molecular complexity index is 1100. The van der Waals surface area contributed by atoms with Gasteiger partial charge >= 0.3 is 0 Å². The van der Waals surface area contributed by atoms with Crippen LogP contribution in [0.2, 0.25) is 0 Å². The Morgan fingerprint density at radius 1 is 1.09 bits per heavy atom. The minimum Gasteiger partial charge on any atom is -0.508 e. The van der Waals surface area contributed by atoms with Crippen molar-refractivity contribution in [1.29, 1.82) is 0 Å². The summed E-state index contributed by atoms with van der Waals surface area (Å²) in [7, 11) is 0. The standard InChI is InChI=1S/C29H31NO4/c31-25-12-6-10-23(18-25)24-11-7-15-30(19-24)29(28-21-32-16-17-33-28)26-13-4-5-14-27(26)34-20-22-8-2-1-3-9-22/h1-3,5-6,8-10,12,14,16-18,21,24,29,31H,4,7,11,13,15,19-20H2. The quantitative estimate of drug-likeness (QED) is 0.543. The summed E-state index contributed by atoms with van der Waals surface area (Å²) in [4.78, 5) is 2.48. The van der Waals surface area contributed by atoms with Crippen molar-refractivity contribution in [3.8, 4) is 5.75 Å². The van der Waals surface area contributed by atoms with Crippen LogP contribution in [-0.2, 0) is 20.8 Å². The first kappa shape index (κ1) is 22.4. The van der Waals surface area contributed by atoms with Crippen LogP contribution < -0.4 is 0 Å². The van der Waals surface area contributed by atoms with Gasteiger partial charge in [0.15, 0.2) is 5.76 Å². The van der Waals surface area contributed by atoms with E-state index in [0.717, 1.165) is 55.9 Å². The van der Waals surface area contributed by atoms with E-state index in [1.54, 1.807) is 24.9 Å². The Morgan fingerprint density at radius 2 is 2.00 bits per heavy atom. The molecule has 5 nitrogen and oxygen atoms in total. The number of likely N-dealkylation sites (tertiary alicyclic amines) is 1. The molecule has 2 aromatic carbocycles. The summed E-state index contributed by atoms with van der Waals surface area (Å²) in [5.74, 6) is 2.36. The molecular formula is C29H31NO4. The average Bonchev–Trinajstić information content (AvgIpc) is 2.90. The van der Waals surface area contributed by atoms with Crippen LogP contribution in [0.15, 0.2) is 103 Å². The van der Waals surface area contributed by atoms with Gasteiger partial charge in [-0.15, -0.1) is 0 Å². The molecule has 34 heavy (non-hydrogen) atoms. The Hall–Kier alpha value is -3.44. The third kappa shape index (κ3) is 5.20. The molecule has 1 saturated heterocycles. The molecule has 0 spiro atoms. The number of hydrogen-bond donors (Lipinski definition) is 1. The lowest BCUT2D eigenvalue weighted by molar-refractivity contribution is 0.123. The molecule has 1 N–H and O–H groups in total. The smallest absolute Gasteiger partial charge is 0.160 e. The summed E-state index contributed by atoms with van der Waals surface area (Å²) in [6.45, 7) is 2.36. The molecule has 5 heteroatoms. The van der Waals surface area contributed by atoms with Crippen molar-refractivity contribution < 1.29 is 19.3 Å².